The Balaban J connectivity index is 2.00. The summed E-state index contributed by atoms with van der Waals surface area (Å²) in [5, 5.41) is 0.0424. The fourth-order valence-corrected chi connectivity index (χ4v) is 4.17. The van der Waals surface area contributed by atoms with E-state index >= 15 is 0 Å². The van der Waals surface area contributed by atoms with E-state index in [1.54, 1.807) is 18.2 Å². The lowest BCUT2D eigenvalue weighted by Gasteiger charge is -2.23. The first-order valence-electron chi connectivity index (χ1n) is 6.35. The molecule has 1 aromatic heterocycles. The molecular formula is C13H14FN3O2S. The number of benzene rings is 1. The highest BCUT2D eigenvalue weighted by Gasteiger charge is 2.37. The number of aromatic amines is 1. The van der Waals surface area contributed by atoms with Crippen LogP contribution < -0.4 is 0 Å². The van der Waals surface area contributed by atoms with Crippen molar-refractivity contribution < 1.29 is 12.8 Å². The van der Waals surface area contributed by atoms with Gasteiger partial charge in [-0.15, -0.1) is 0 Å². The number of aromatic nitrogens is 2. The van der Waals surface area contributed by atoms with Crippen LogP contribution in [0, 0.1) is 5.82 Å². The summed E-state index contributed by atoms with van der Waals surface area (Å²) in [6.45, 7) is 0.389. The van der Waals surface area contributed by atoms with Gasteiger partial charge in [-0.3, -0.25) is 0 Å². The summed E-state index contributed by atoms with van der Waals surface area (Å²) >= 11 is 0. The molecule has 1 fully saturated rings. The molecule has 0 radical (unpaired) electrons. The number of sulfonamides is 1. The van der Waals surface area contributed by atoms with Crippen molar-refractivity contribution in [2.45, 2.75) is 23.9 Å². The van der Waals surface area contributed by atoms with Gasteiger partial charge in [0.1, 0.15) is 5.82 Å². The summed E-state index contributed by atoms with van der Waals surface area (Å²) < 4.78 is 40.3. The van der Waals surface area contributed by atoms with Crippen LogP contribution in [-0.4, -0.2) is 29.2 Å². The number of hydrogen-bond acceptors (Lipinski definition) is 3. The molecule has 0 unspecified atom stereocenters. The molecular weight excluding hydrogens is 281 g/mol. The van der Waals surface area contributed by atoms with E-state index < -0.39 is 16.1 Å². The molecule has 1 N–H and O–H groups in total. The Morgan fingerprint density at radius 2 is 2.15 bits per heavy atom. The predicted molar refractivity (Wildman–Crippen MR) is 70.9 cm³/mol. The first-order chi connectivity index (χ1) is 9.60. The molecule has 1 saturated heterocycles. The van der Waals surface area contributed by atoms with E-state index in [4.69, 9.17) is 0 Å². The number of nitrogens with zero attached hydrogens (tertiary/aromatic N) is 2. The van der Waals surface area contributed by atoms with Gasteiger partial charge in [0.15, 0.2) is 5.03 Å². The molecule has 1 aliphatic rings. The second kappa shape index (κ2) is 4.99. The van der Waals surface area contributed by atoms with Gasteiger partial charge >= 0.3 is 0 Å². The maximum Gasteiger partial charge on any atom is 0.260 e. The highest BCUT2D eigenvalue weighted by Crippen LogP contribution is 2.36. The predicted octanol–water partition coefficient (Wildman–Crippen LogP) is 2.07. The Kier molecular flexibility index (Phi) is 3.31. The summed E-state index contributed by atoms with van der Waals surface area (Å²) in [5.41, 5.74) is 0.424. The minimum Gasteiger partial charge on any atom is -0.335 e. The van der Waals surface area contributed by atoms with Gasteiger partial charge < -0.3 is 4.98 Å². The Morgan fingerprint density at radius 3 is 2.85 bits per heavy atom. The Bertz CT molecular complexity index is 700. The number of imidazole rings is 1. The monoisotopic (exact) mass is 295 g/mol. The van der Waals surface area contributed by atoms with Crippen molar-refractivity contribution in [2.24, 2.45) is 0 Å². The summed E-state index contributed by atoms with van der Waals surface area (Å²) in [7, 11) is -3.66. The zero-order valence-corrected chi connectivity index (χ0v) is 11.5. The van der Waals surface area contributed by atoms with Gasteiger partial charge in [-0.05, 0) is 18.9 Å². The third kappa shape index (κ3) is 2.12. The van der Waals surface area contributed by atoms with Crippen LogP contribution in [0.2, 0.25) is 0 Å². The van der Waals surface area contributed by atoms with Crippen LogP contribution in [0.25, 0.3) is 0 Å². The smallest absolute Gasteiger partial charge is 0.260 e. The zero-order valence-electron chi connectivity index (χ0n) is 10.7. The summed E-state index contributed by atoms with van der Waals surface area (Å²) in [6.07, 6.45) is 3.92. The molecule has 3 rings (SSSR count). The largest absolute Gasteiger partial charge is 0.335 e. The molecule has 20 heavy (non-hydrogen) atoms. The minimum atomic E-state index is -3.66. The second-order valence-electron chi connectivity index (χ2n) is 4.71. The van der Waals surface area contributed by atoms with Gasteiger partial charge in [-0.1, -0.05) is 18.2 Å². The van der Waals surface area contributed by atoms with E-state index in [9.17, 15) is 12.8 Å². The first-order valence-corrected chi connectivity index (χ1v) is 7.79. The van der Waals surface area contributed by atoms with Crippen LogP contribution in [-0.2, 0) is 10.0 Å². The third-order valence-electron chi connectivity index (χ3n) is 3.53. The average Bonchev–Trinajstić information content (AvgIpc) is 3.11. The lowest BCUT2D eigenvalue weighted by molar-refractivity contribution is 0.385. The van der Waals surface area contributed by atoms with Gasteiger partial charge in [0.2, 0.25) is 0 Å². The molecule has 106 valence electrons. The van der Waals surface area contributed by atoms with E-state index in [1.807, 2.05) is 0 Å². The van der Waals surface area contributed by atoms with Crippen molar-refractivity contribution >= 4 is 10.0 Å². The van der Waals surface area contributed by atoms with E-state index in [0.29, 0.717) is 24.9 Å². The molecule has 0 aliphatic carbocycles. The summed E-state index contributed by atoms with van der Waals surface area (Å²) in [4.78, 5) is 6.35. The van der Waals surface area contributed by atoms with Crippen molar-refractivity contribution in [2.75, 3.05) is 6.54 Å². The molecule has 1 aliphatic heterocycles. The van der Waals surface area contributed by atoms with E-state index in [1.165, 1.54) is 22.9 Å². The topological polar surface area (TPSA) is 66.1 Å². The van der Waals surface area contributed by atoms with E-state index in [2.05, 4.69) is 9.97 Å². The molecule has 2 aromatic rings. The fraction of sp³-hybridized carbons (Fsp3) is 0.308. The number of halogens is 1. The lowest BCUT2D eigenvalue weighted by Crippen LogP contribution is -2.31. The second-order valence-corrected chi connectivity index (χ2v) is 6.57. The normalized spacial score (nSPS) is 20.4. The minimum absolute atomic E-state index is 0.0424. The van der Waals surface area contributed by atoms with Crippen molar-refractivity contribution in [3.63, 3.8) is 0 Å². The molecule has 0 bridgehead atoms. The van der Waals surface area contributed by atoms with Gasteiger partial charge in [0.25, 0.3) is 10.0 Å². The quantitative estimate of drug-likeness (QED) is 0.942. The zero-order chi connectivity index (χ0) is 14.2. The first kappa shape index (κ1) is 13.3. The molecule has 0 spiro atoms. The average molecular weight is 295 g/mol. The van der Waals surface area contributed by atoms with Crippen LogP contribution in [0.4, 0.5) is 4.39 Å². The summed E-state index contributed by atoms with van der Waals surface area (Å²) in [6, 6.07) is 5.86. The number of hydrogen-bond donors (Lipinski definition) is 1. The van der Waals surface area contributed by atoms with Gasteiger partial charge in [-0.2, -0.15) is 4.31 Å². The maximum absolute atomic E-state index is 13.9. The summed E-state index contributed by atoms with van der Waals surface area (Å²) in [5.74, 6) is -0.371. The Labute approximate surface area is 116 Å². The van der Waals surface area contributed by atoms with Crippen molar-refractivity contribution in [1.29, 1.82) is 0 Å². The van der Waals surface area contributed by atoms with E-state index in [-0.39, 0.29) is 10.8 Å². The molecule has 0 saturated carbocycles. The number of rotatable bonds is 3. The molecule has 1 aromatic carbocycles. The lowest BCUT2D eigenvalue weighted by atomic mass is 10.1. The van der Waals surface area contributed by atoms with Crippen LogP contribution in [0.5, 0.6) is 0 Å². The van der Waals surface area contributed by atoms with Crippen LogP contribution >= 0.6 is 0 Å². The van der Waals surface area contributed by atoms with Crippen LogP contribution in [0.3, 0.4) is 0 Å². The Hall–Kier alpha value is -1.73. The molecule has 5 nitrogen and oxygen atoms in total. The number of nitrogens with one attached hydrogen (secondary N) is 1. The fourth-order valence-electron chi connectivity index (χ4n) is 2.59. The Morgan fingerprint density at radius 1 is 1.35 bits per heavy atom. The number of H-pyrrole nitrogens is 1. The maximum atomic E-state index is 13.9. The van der Waals surface area contributed by atoms with Gasteiger partial charge in [0.05, 0.1) is 18.6 Å². The SMILES string of the molecule is O=S(=O)(c1cnc[nH]1)N1CCC[C@@H]1c1ccccc1F. The molecule has 2 heterocycles. The van der Waals surface area contributed by atoms with E-state index in [0.717, 1.165) is 0 Å². The van der Waals surface area contributed by atoms with Crippen LogP contribution in [0.15, 0.2) is 41.8 Å². The molecule has 1 atom stereocenters. The highest BCUT2D eigenvalue weighted by atomic mass is 32.2. The standard InChI is InChI=1S/C13H14FN3O2S/c14-11-5-2-1-4-10(11)12-6-3-7-17(12)20(18,19)13-8-15-9-16-13/h1-2,4-5,8-9,12H,3,6-7H2,(H,15,16)/t12-/m1/s1. The van der Waals surface area contributed by atoms with Gasteiger partial charge in [0, 0.05) is 12.1 Å². The van der Waals surface area contributed by atoms with Gasteiger partial charge in [-0.25, -0.2) is 17.8 Å². The van der Waals surface area contributed by atoms with Crippen molar-refractivity contribution in [1.82, 2.24) is 14.3 Å². The van der Waals surface area contributed by atoms with Crippen LogP contribution in [0.1, 0.15) is 24.4 Å². The van der Waals surface area contributed by atoms with Crippen molar-refractivity contribution in [3.8, 4) is 0 Å². The third-order valence-corrected chi connectivity index (χ3v) is 5.36. The molecule has 7 heteroatoms. The molecule has 0 amide bonds. The highest BCUT2D eigenvalue weighted by molar-refractivity contribution is 7.89. The van der Waals surface area contributed by atoms with Crippen molar-refractivity contribution in [3.05, 3.63) is 48.2 Å².